The van der Waals surface area contributed by atoms with Crippen LogP contribution >= 0.6 is 34.8 Å². The van der Waals surface area contributed by atoms with Crippen LogP contribution in [0.15, 0.2) is 45.0 Å². The Morgan fingerprint density at radius 2 is 1.66 bits per heavy atom. The van der Waals surface area contributed by atoms with Gasteiger partial charge in [0.05, 0.1) is 21.9 Å². The molecule has 0 saturated carbocycles. The Morgan fingerprint density at radius 1 is 1.03 bits per heavy atom. The maximum absolute atomic E-state index is 12.1. The summed E-state index contributed by atoms with van der Waals surface area (Å²) in [5, 5.41) is 3.81. The van der Waals surface area contributed by atoms with Gasteiger partial charge in [-0.3, -0.25) is 9.59 Å². The van der Waals surface area contributed by atoms with Crippen molar-refractivity contribution < 1.29 is 4.74 Å². The van der Waals surface area contributed by atoms with Crippen LogP contribution < -0.4 is 27.4 Å². The molecule has 9 nitrogen and oxygen atoms in total. The molecular weight excluding hydrogens is 445 g/mol. The normalized spacial score (nSPS) is 11.1. The highest BCUT2D eigenvalue weighted by atomic mass is 35.5. The summed E-state index contributed by atoms with van der Waals surface area (Å²) in [4.78, 5) is 35.6. The second-order valence-corrected chi connectivity index (χ2v) is 7.44. The van der Waals surface area contributed by atoms with Crippen LogP contribution in [-0.2, 0) is 0 Å². The van der Waals surface area contributed by atoms with Crippen LogP contribution in [0.2, 0.25) is 15.1 Å². The molecule has 0 spiro atoms. The molecule has 0 amide bonds. The summed E-state index contributed by atoms with van der Waals surface area (Å²) in [7, 11) is 0. The van der Waals surface area contributed by atoms with E-state index in [1.807, 2.05) is 13.8 Å². The number of ether oxygens (including phenoxy) is 1. The smallest absolute Gasteiger partial charge is 0.370 e. The number of benzene rings is 1. The second kappa shape index (κ2) is 7.94. The molecule has 0 bridgehead atoms. The highest BCUT2D eigenvalue weighted by Gasteiger charge is 2.16. The van der Waals surface area contributed by atoms with Crippen molar-refractivity contribution >= 4 is 34.8 Å². The van der Waals surface area contributed by atoms with Crippen molar-refractivity contribution in [3.63, 3.8) is 0 Å². The molecular formula is C17H14Cl3N5O4. The minimum absolute atomic E-state index is 0.0268. The number of hydrogen-bond donors (Lipinski definition) is 1. The van der Waals surface area contributed by atoms with E-state index in [1.54, 1.807) is 0 Å². The van der Waals surface area contributed by atoms with Gasteiger partial charge in [0.15, 0.2) is 5.75 Å². The molecule has 3 rings (SSSR count). The first-order valence-corrected chi connectivity index (χ1v) is 9.29. The van der Waals surface area contributed by atoms with Gasteiger partial charge in [-0.15, -0.1) is 0 Å². The van der Waals surface area contributed by atoms with Gasteiger partial charge in [-0.05, 0) is 26.0 Å². The van der Waals surface area contributed by atoms with Crippen LogP contribution in [0.4, 0.5) is 0 Å². The van der Waals surface area contributed by atoms with E-state index in [9.17, 15) is 14.4 Å². The van der Waals surface area contributed by atoms with Crippen LogP contribution in [0.1, 0.15) is 19.9 Å². The van der Waals surface area contributed by atoms with E-state index >= 15 is 0 Å². The Labute approximate surface area is 178 Å². The van der Waals surface area contributed by atoms with Gasteiger partial charge in [0.2, 0.25) is 0 Å². The van der Waals surface area contributed by atoms with Crippen molar-refractivity contribution in [2.45, 2.75) is 19.9 Å². The van der Waals surface area contributed by atoms with Crippen LogP contribution in [0.3, 0.4) is 0 Å². The molecule has 3 aromatic rings. The van der Waals surface area contributed by atoms with Crippen molar-refractivity contribution in [3.05, 3.63) is 76.9 Å². The van der Waals surface area contributed by atoms with Crippen molar-refractivity contribution in [3.8, 4) is 17.2 Å². The van der Waals surface area contributed by atoms with Gasteiger partial charge in [0.25, 0.3) is 11.1 Å². The van der Waals surface area contributed by atoms with Crippen molar-refractivity contribution in [1.29, 1.82) is 0 Å². The molecule has 0 unspecified atom stereocenters. The largest absolute Gasteiger partial charge is 0.453 e. The van der Waals surface area contributed by atoms with E-state index in [0.717, 1.165) is 10.9 Å². The zero-order chi connectivity index (χ0) is 21.5. The summed E-state index contributed by atoms with van der Waals surface area (Å²) >= 11 is 18.5. The molecule has 0 radical (unpaired) electrons. The Kier molecular flexibility index (Phi) is 5.74. The van der Waals surface area contributed by atoms with Crippen LogP contribution in [0.25, 0.3) is 5.69 Å². The third-order valence-corrected chi connectivity index (χ3v) is 4.72. The Balaban J connectivity index is 2.06. The number of nitrogens with two attached hydrogens (primary N) is 1. The maximum atomic E-state index is 12.1. The third kappa shape index (κ3) is 4.02. The highest BCUT2D eigenvalue weighted by Crippen LogP contribution is 2.38. The minimum Gasteiger partial charge on any atom is -0.453 e. The van der Waals surface area contributed by atoms with Gasteiger partial charge >= 0.3 is 5.69 Å². The molecule has 0 aliphatic rings. The predicted molar refractivity (Wildman–Crippen MR) is 110 cm³/mol. The monoisotopic (exact) mass is 457 g/mol. The number of pyridine rings is 1. The summed E-state index contributed by atoms with van der Waals surface area (Å²) in [5.74, 6) is 5.71. The SMILES string of the molecule is CC(C)n1cc(Oc2c(Cl)cc(-n3ncc(=O)n(N)c3=O)cc2Cl)cc(Cl)c1=O. The summed E-state index contributed by atoms with van der Waals surface area (Å²) in [6, 6.07) is 3.92. The Morgan fingerprint density at radius 3 is 2.24 bits per heavy atom. The van der Waals surface area contributed by atoms with Crippen LogP contribution in [-0.4, -0.2) is 19.0 Å². The van der Waals surface area contributed by atoms with Gasteiger partial charge in [-0.2, -0.15) is 14.5 Å². The van der Waals surface area contributed by atoms with Crippen LogP contribution in [0.5, 0.6) is 11.5 Å². The lowest BCUT2D eigenvalue weighted by Gasteiger charge is -2.15. The van der Waals surface area contributed by atoms with Gasteiger partial charge in [0, 0.05) is 12.1 Å². The summed E-state index contributed by atoms with van der Waals surface area (Å²) < 4.78 is 8.40. The topological polar surface area (TPSA) is 114 Å². The van der Waals surface area contributed by atoms with E-state index in [0.29, 0.717) is 4.68 Å². The van der Waals surface area contributed by atoms with Crippen molar-refractivity contribution in [1.82, 2.24) is 19.0 Å². The van der Waals surface area contributed by atoms with E-state index in [2.05, 4.69) is 5.10 Å². The summed E-state index contributed by atoms with van der Waals surface area (Å²) in [6.07, 6.45) is 2.36. The third-order valence-electron chi connectivity index (χ3n) is 3.89. The fourth-order valence-corrected chi connectivity index (χ4v) is 3.22. The minimum atomic E-state index is -0.880. The molecule has 2 aromatic heterocycles. The molecule has 0 aliphatic heterocycles. The molecule has 0 atom stereocenters. The first-order chi connectivity index (χ1) is 13.6. The highest BCUT2D eigenvalue weighted by molar-refractivity contribution is 6.37. The molecule has 2 heterocycles. The van der Waals surface area contributed by atoms with Gasteiger partial charge in [-0.25, -0.2) is 4.79 Å². The number of rotatable bonds is 4. The second-order valence-electron chi connectivity index (χ2n) is 6.22. The summed E-state index contributed by atoms with van der Waals surface area (Å²) in [5.41, 5.74) is -1.83. The Bertz CT molecular complexity index is 1260. The standard InChI is InChI=1S/C17H14Cl3N5O4/c1-8(2)23-7-10(5-13(20)16(23)27)29-15-11(18)3-9(4-12(15)19)25-17(28)24(21)14(26)6-22-25/h3-8H,21H2,1-2H3. The zero-order valence-electron chi connectivity index (χ0n) is 15.1. The Hall–Kier alpha value is -2.75. The summed E-state index contributed by atoms with van der Waals surface area (Å²) in [6.45, 7) is 3.63. The average Bonchev–Trinajstić information content (AvgIpc) is 2.65. The molecule has 0 saturated heterocycles. The molecule has 1 aromatic carbocycles. The van der Waals surface area contributed by atoms with Gasteiger partial charge in [0.1, 0.15) is 17.0 Å². The van der Waals surface area contributed by atoms with E-state index in [4.69, 9.17) is 45.4 Å². The van der Waals surface area contributed by atoms with Crippen molar-refractivity contribution in [2.75, 3.05) is 5.84 Å². The number of hydrogen-bond acceptors (Lipinski definition) is 6. The van der Waals surface area contributed by atoms with Gasteiger partial charge < -0.3 is 15.1 Å². The molecule has 0 aliphatic carbocycles. The van der Waals surface area contributed by atoms with E-state index in [1.165, 1.54) is 29.0 Å². The first kappa shape index (κ1) is 21.0. The van der Waals surface area contributed by atoms with Crippen molar-refractivity contribution in [2.24, 2.45) is 0 Å². The van der Waals surface area contributed by atoms with E-state index in [-0.39, 0.29) is 43.9 Å². The quantitative estimate of drug-likeness (QED) is 0.601. The number of halogens is 3. The molecule has 2 N–H and O–H groups in total. The lowest BCUT2D eigenvalue weighted by molar-refractivity contribution is 0.465. The number of nitrogen functional groups attached to an aromatic ring is 1. The fourth-order valence-electron chi connectivity index (χ4n) is 2.46. The van der Waals surface area contributed by atoms with E-state index < -0.39 is 11.2 Å². The predicted octanol–water partition coefficient (Wildman–Crippen LogP) is 2.60. The lowest BCUT2D eigenvalue weighted by atomic mass is 10.3. The zero-order valence-corrected chi connectivity index (χ0v) is 17.4. The maximum Gasteiger partial charge on any atom is 0.370 e. The number of aromatic nitrogens is 4. The molecule has 12 heteroatoms. The fraction of sp³-hybridized carbons (Fsp3) is 0.176. The van der Waals surface area contributed by atoms with Crippen LogP contribution in [0, 0.1) is 0 Å². The average molecular weight is 459 g/mol. The molecule has 152 valence electrons. The van der Waals surface area contributed by atoms with Gasteiger partial charge in [-0.1, -0.05) is 34.8 Å². The molecule has 29 heavy (non-hydrogen) atoms. The molecule has 0 fully saturated rings. The number of nitrogens with zero attached hydrogens (tertiary/aromatic N) is 4. The first-order valence-electron chi connectivity index (χ1n) is 8.15. The lowest BCUT2D eigenvalue weighted by Crippen LogP contribution is -2.44.